The number of amides is 2. The first-order valence-corrected chi connectivity index (χ1v) is 10.7. The van der Waals surface area contributed by atoms with E-state index in [9.17, 15) is 22.4 Å². The number of nitrogens with zero attached hydrogens (tertiary/aromatic N) is 7. The van der Waals surface area contributed by atoms with Crippen LogP contribution in [0.1, 0.15) is 12.0 Å². The van der Waals surface area contributed by atoms with Gasteiger partial charge in [0.15, 0.2) is 11.5 Å². The smallest absolute Gasteiger partial charge is 0.381 e. The van der Waals surface area contributed by atoms with Crippen LogP contribution in [0.25, 0.3) is 22.6 Å². The summed E-state index contributed by atoms with van der Waals surface area (Å²) in [5.41, 5.74) is 8.31. The summed E-state index contributed by atoms with van der Waals surface area (Å²) in [6.07, 6.45) is 0.161. The Labute approximate surface area is 200 Å². The molecular formula is C21H19F4N9O2. The molecule has 0 bridgehead atoms. The number of nitrogens with two attached hydrogens (primary N) is 1. The molecule has 188 valence electrons. The van der Waals surface area contributed by atoms with Crippen LogP contribution in [0.5, 0.6) is 0 Å². The van der Waals surface area contributed by atoms with Gasteiger partial charge in [0, 0.05) is 24.8 Å². The Morgan fingerprint density at radius 2 is 2.03 bits per heavy atom. The topological polar surface area (TPSA) is 128 Å². The second-order valence-corrected chi connectivity index (χ2v) is 8.17. The average molecular weight is 505 g/mol. The van der Waals surface area contributed by atoms with Crippen LogP contribution >= 0.6 is 0 Å². The molecule has 4 aromatic rings. The van der Waals surface area contributed by atoms with E-state index in [0.29, 0.717) is 28.2 Å². The largest absolute Gasteiger partial charge is 0.522 e. The fourth-order valence-electron chi connectivity index (χ4n) is 4.01. The molecule has 1 aliphatic rings. The van der Waals surface area contributed by atoms with E-state index < -0.39 is 24.3 Å². The van der Waals surface area contributed by atoms with Crippen LogP contribution in [-0.2, 0) is 4.74 Å². The number of alkyl halides is 3. The van der Waals surface area contributed by atoms with Gasteiger partial charge in [-0.15, -0.1) is 13.2 Å². The summed E-state index contributed by atoms with van der Waals surface area (Å²) in [5.74, 6) is -0.485. The van der Waals surface area contributed by atoms with E-state index in [-0.39, 0.29) is 31.0 Å². The molecule has 5 rings (SSSR count). The zero-order chi connectivity index (χ0) is 25.6. The number of hydrogen-bond donors (Lipinski definition) is 2. The van der Waals surface area contributed by atoms with E-state index in [2.05, 4.69) is 30.2 Å². The molecule has 3 aromatic heterocycles. The Morgan fingerprint density at radius 1 is 1.22 bits per heavy atom. The zero-order valence-corrected chi connectivity index (χ0v) is 18.7. The summed E-state index contributed by atoms with van der Waals surface area (Å²) in [6, 6.07) is 1.89. The van der Waals surface area contributed by atoms with E-state index in [4.69, 9.17) is 5.73 Å². The van der Waals surface area contributed by atoms with Crippen LogP contribution in [-0.4, -0.2) is 65.8 Å². The summed E-state index contributed by atoms with van der Waals surface area (Å²) in [6.45, 7) is 1.46. The van der Waals surface area contributed by atoms with Gasteiger partial charge in [-0.25, -0.2) is 28.4 Å². The molecular weight excluding hydrogens is 486 g/mol. The fraction of sp³-hybridized carbons (Fsp3) is 0.286. The maximum absolute atomic E-state index is 14.7. The van der Waals surface area contributed by atoms with E-state index in [1.165, 1.54) is 27.7 Å². The van der Waals surface area contributed by atoms with Crippen molar-refractivity contribution < 1.29 is 27.1 Å². The molecule has 1 fully saturated rings. The number of aryl methyl sites for hydroxylation is 1. The zero-order valence-electron chi connectivity index (χ0n) is 18.7. The number of carbonyl (C=O) groups is 1. The molecule has 0 aliphatic carbocycles. The van der Waals surface area contributed by atoms with Gasteiger partial charge >= 0.3 is 12.4 Å². The molecule has 0 saturated carbocycles. The lowest BCUT2D eigenvalue weighted by molar-refractivity contribution is -0.340. The summed E-state index contributed by atoms with van der Waals surface area (Å²) in [4.78, 5) is 21.8. The fourth-order valence-corrected chi connectivity index (χ4v) is 4.01. The Hall–Kier alpha value is -4.27. The van der Waals surface area contributed by atoms with E-state index in [1.54, 1.807) is 25.5 Å². The van der Waals surface area contributed by atoms with Crippen LogP contribution in [0.2, 0.25) is 0 Å². The molecule has 1 atom stereocenters. The normalized spacial score (nSPS) is 16.1. The Bertz CT molecular complexity index is 1450. The second kappa shape index (κ2) is 8.75. The predicted molar refractivity (Wildman–Crippen MR) is 119 cm³/mol. The van der Waals surface area contributed by atoms with Crippen LogP contribution in [0, 0.1) is 12.7 Å². The standard InChI is InChI=1S/C21H19F4N9O2/c1-11-4-14(22)15(31-20(35)32-3-2-13(9-32)36-21(23,24)25)5-16(11)33-8-12(6-29-33)17-7-27-19-18(26)28-10-30-34(17)19/h4-8,10,13H,2-3,9H2,1H3,(H,31,35)(H2,26,28,30). The summed E-state index contributed by atoms with van der Waals surface area (Å²) in [5, 5.41) is 10.9. The van der Waals surface area contributed by atoms with Gasteiger partial charge in [0.1, 0.15) is 12.1 Å². The summed E-state index contributed by atoms with van der Waals surface area (Å²) >= 11 is 0. The van der Waals surface area contributed by atoms with Crippen LogP contribution in [0.4, 0.5) is 33.9 Å². The lowest BCUT2D eigenvalue weighted by Gasteiger charge is -2.19. The van der Waals surface area contributed by atoms with Crippen LogP contribution in [0.3, 0.4) is 0 Å². The van der Waals surface area contributed by atoms with Gasteiger partial charge in [-0.3, -0.25) is 4.74 Å². The molecule has 4 heterocycles. The first-order chi connectivity index (χ1) is 17.1. The highest BCUT2D eigenvalue weighted by molar-refractivity contribution is 5.90. The molecule has 1 aromatic carbocycles. The number of nitrogen functional groups attached to an aromatic ring is 1. The molecule has 0 radical (unpaired) electrons. The van der Waals surface area contributed by atoms with Gasteiger partial charge in [0.25, 0.3) is 0 Å². The molecule has 3 N–H and O–H groups in total. The minimum Gasteiger partial charge on any atom is -0.381 e. The molecule has 1 unspecified atom stereocenters. The highest BCUT2D eigenvalue weighted by Gasteiger charge is 2.38. The van der Waals surface area contributed by atoms with Crippen molar-refractivity contribution in [2.45, 2.75) is 25.8 Å². The van der Waals surface area contributed by atoms with Gasteiger partial charge in [-0.2, -0.15) is 10.2 Å². The molecule has 36 heavy (non-hydrogen) atoms. The monoisotopic (exact) mass is 505 g/mol. The Kier molecular flexibility index (Phi) is 5.70. The number of benzene rings is 1. The summed E-state index contributed by atoms with van der Waals surface area (Å²) in [7, 11) is 0. The van der Waals surface area contributed by atoms with Crippen molar-refractivity contribution in [2.75, 3.05) is 24.1 Å². The number of aromatic nitrogens is 6. The van der Waals surface area contributed by atoms with Crippen molar-refractivity contribution >= 4 is 23.2 Å². The molecule has 0 spiro atoms. The number of likely N-dealkylation sites (tertiary alicyclic amines) is 1. The van der Waals surface area contributed by atoms with Crippen molar-refractivity contribution in [3.8, 4) is 16.9 Å². The third-order valence-electron chi connectivity index (χ3n) is 5.72. The van der Waals surface area contributed by atoms with Gasteiger partial charge in [-0.1, -0.05) is 0 Å². The number of ether oxygens (including phenoxy) is 1. The quantitative estimate of drug-likeness (QED) is 0.408. The predicted octanol–water partition coefficient (Wildman–Crippen LogP) is 3.15. The number of rotatable bonds is 4. The number of fused-ring (bicyclic) bond motifs is 1. The lowest BCUT2D eigenvalue weighted by atomic mass is 10.1. The van der Waals surface area contributed by atoms with E-state index >= 15 is 0 Å². The highest BCUT2D eigenvalue weighted by atomic mass is 19.4. The molecule has 1 aliphatic heterocycles. The van der Waals surface area contributed by atoms with Crippen molar-refractivity contribution in [1.82, 2.24) is 34.3 Å². The number of urea groups is 1. The third-order valence-corrected chi connectivity index (χ3v) is 5.72. The average Bonchev–Trinajstić information content (AvgIpc) is 3.54. The number of nitrogens with one attached hydrogen (secondary N) is 1. The third kappa shape index (κ3) is 4.51. The van der Waals surface area contributed by atoms with Crippen molar-refractivity contribution in [3.63, 3.8) is 0 Å². The van der Waals surface area contributed by atoms with Crippen LogP contribution in [0.15, 0.2) is 37.1 Å². The first kappa shape index (κ1) is 23.5. The van der Waals surface area contributed by atoms with Gasteiger partial charge < -0.3 is 16.0 Å². The first-order valence-electron chi connectivity index (χ1n) is 10.7. The van der Waals surface area contributed by atoms with Crippen molar-refractivity contribution in [2.24, 2.45) is 0 Å². The second-order valence-electron chi connectivity index (χ2n) is 8.17. The minimum atomic E-state index is -4.79. The number of hydrogen-bond acceptors (Lipinski definition) is 7. The number of carbonyl (C=O) groups excluding carboxylic acids is 1. The summed E-state index contributed by atoms with van der Waals surface area (Å²) < 4.78 is 59.0. The van der Waals surface area contributed by atoms with Crippen LogP contribution < -0.4 is 11.1 Å². The SMILES string of the molecule is Cc1cc(F)c(NC(=O)N2CCC(OC(F)(F)F)C2)cc1-n1cc(-c2cnc3c(N)ncnn23)cn1. The lowest BCUT2D eigenvalue weighted by Crippen LogP contribution is -2.35. The molecule has 11 nitrogen and oxygen atoms in total. The maximum atomic E-state index is 14.7. The van der Waals surface area contributed by atoms with Crippen molar-refractivity contribution in [1.29, 1.82) is 0 Å². The number of anilines is 2. The maximum Gasteiger partial charge on any atom is 0.522 e. The Morgan fingerprint density at radius 3 is 2.81 bits per heavy atom. The van der Waals surface area contributed by atoms with Crippen molar-refractivity contribution in [3.05, 3.63) is 48.4 Å². The minimum absolute atomic E-state index is 0.0183. The van der Waals surface area contributed by atoms with Gasteiger partial charge in [0.2, 0.25) is 0 Å². The number of imidazole rings is 1. The molecule has 15 heteroatoms. The molecule has 2 amide bonds. The van der Waals surface area contributed by atoms with Gasteiger partial charge in [-0.05, 0) is 31.0 Å². The highest BCUT2D eigenvalue weighted by Crippen LogP contribution is 2.28. The van der Waals surface area contributed by atoms with Gasteiger partial charge in [0.05, 0.1) is 35.6 Å². The van der Waals surface area contributed by atoms with E-state index in [0.717, 1.165) is 4.90 Å². The molecule has 1 saturated heterocycles. The Balaban J connectivity index is 1.37. The number of halogens is 4. The van der Waals surface area contributed by atoms with E-state index in [1.807, 2.05) is 0 Å².